The Bertz CT molecular complexity index is 600. The zero-order chi connectivity index (χ0) is 17.1. The van der Waals surface area contributed by atoms with E-state index in [1.54, 1.807) is 37.4 Å². The van der Waals surface area contributed by atoms with Crippen LogP contribution in [0.5, 0.6) is 5.75 Å². The molecule has 0 aliphatic rings. The number of carbonyl (C=O) groups is 2. The lowest BCUT2D eigenvalue weighted by molar-refractivity contribution is -0.144. The average molecular weight is 316 g/mol. The number of unbranched alkanes of at least 4 members (excludes halogenated alkanes) is 1. The van der Waals surface area contributed by atoms with Crippen LogP contribution in [-0.2, 0) is 14.3 Å². The number of esters is 1. The Morgan fingerprint density at radius 3 is 2.57 bits per heavy atom. The quantitative estimate of drug-likeness (QED) is 0.343. The van der Waals surface area contributed by atoms with Crippen molar-refractivity contribution in [3.63, 3.8) is 0 Å². The van der Waals surface area contributed by atoms with Gasteiger partial charge in [0.15, 0.2) is 6.61 Å². The van der Waals surface area contributed by atoms with Gasteiger partial charge >= 0.3 is 5.97 Å². The Morgan fingerprint density at radius 1 is 1.30 bits per heavy atom. The summed E-state index contributed by atoms with van der Waals surface area (Å²) in [5, 5.41) is 11.7. The smallest absolute Gasteiger partial charge is 0.349 e. The van der Waals surface area contributed by atoms with Gasteiger partial charge in [0.05, 0.1) is 7.11 Å². The molecule has 1 rings (SSSR count). The molecule has 0 bridgehead atoms. The minimum atomic E-state index is -0.825. The second-order valence-electron chi connectivity index (χ2n) is 4.72. The van der Waals surface area contributed by atoms with Crippen molar-refractivity contribution in [2.24, 2.45) is 0 Å². The highest BCUT2D eigenvalue weighted by Crippen LogP contribution is 2.14. The SMILES string of the molecule is CCCCNC(=O)COC(=O)/C(C#N)=C/c1ccc(OC)cc1. The monoisotopic (exact) mass is 316 g/mol. The molecule has 0 heterocycles. The molecule has 0 unspecified atom stereocenters. The highest BCUT2D eigenvalue weighted by molar-refractivity contribution is 5.98. The van der Waals surface area contributed by atoms with E-state index in [2.05, 4.69) is 5.32 Å². The number of hydrogen-bond acceptors (Lipinski definition) is 5. The van der Waals surface area contributed by atoms with Crippen LogP contribution in [0.3, 0.4) is 0 Å². The van der Waals surface area contributed by atoms with E-state index < -0.39 is 12.6 Å². The third kappa shape index (κ3) is 6.66. The summed E-state index contributed by atoms with van der Waals surface area (Å²) in [6.07, 6.45) is 3.22. The lowest BCUT2D eigenvalue weighted by atomic mass is 10.1. The molecular weight excluding hydrogens is 296 g/mol. The Kier molecular flexibility index (Phi) is 7.94. The summed E-state index contributed by atoms with van der Waals surface area (Å²) in [4.78, 5) is 23.3. The number of amides is 1. The number of ether oxygens (including phenoxy) is 2. The van der Waals surface area contributed by atoms with Crippen molar-refractivity contribution in [3.05, 3.63) is 35.4 Å². The molecule has 0 aliphatic heterocycles. The third-order valence-corrected chi connectivity index (χ3v) is 2.95. The number of methoxy groups -OCH3 is 1. The fourth-order valence-corrected chi connectivity index (χ4v) is 1.67. The van der Waals surface area contributed by atoms with Crippen LogP contribution in [0.1, 0.15) is 25.3 Å². The van der Waals surface area contributed by atoms with Crippen molar-refractivity contribution in [2.45, 2.75) is 19.8 Å². The number of hydrogen-bond donors (Lipinski definition) is 1. The normalized spacial score (nSPS) is 10.6. The third-order valence-electron chi connectivity index (χ3n) is 2.95. The Labute approximate surface area is 135 Å². The maximum atomic E-state index is 11.8. The van der Waals surface area contributed by atoms with Crippen LogP contribution in [0.15, 0.2) is 29.8 Å². The summed E-state index contributed by atoms with van der Waals surface area (Å²) in [6, 6.07) is 8.63. The Balaban J connectivity index is 2.59. The molecular formula is C17H20N2O4. The largest absolute Gasteiger partial charge is 0.497 e. The van der Waals surface area contributed by atoms with Gasteiger partial charge in [0, 0.05) is 6.54 Å². The highest BCUT2D eigenvalue weighted by atomic mass is 16.5. The number of nitrogens with one attached hydrogen (secondary N) is 1. The first-order chi connectivity index (χ1) is 11.1. The average Bonchev–Trinajstić information content (AvgIpc) is 2.58. The summed E-state index contributed by atoms with van der Waals surface area (Å²) in [6.45, 7) is 2.15. The van der Waals surface area contributed by atoms with Gasteiger partial charge in [-0.1, -0.05) is 25.5 Å². The van der Waals surface area contributed by atoms with Gasteiger partial charge in [-0.3, -0.25) is 4.79 Å². The fraction of sp³-hybridized carbons (Fsp3) is 0.353. The van der Waals surface area contributed by atoms with E-state index in [4.69, 9.17) is 14.7 Å². The van der Waals surface area contributed by atoms with E-state index in [1.807, 2.05) is 6.92 Å². The lowest BCUT2D eigenvalue weighted by Crippen LogP contribution is -2.29. The van der Waals surface area contributed by atoms with Crippen LogP contribution in [0.25, 0.3) is 6.08 Å². The van der Waals surface area contributed by atoms with E-state index >= 15 is 0 Å². The molecule has 0 aliphatic carbocycles. The van der Waals surface area contributed by atoms with Crippen LogP contribution in [-0.4, -0.2) is 32.1 Å². The summed E-state index contributed by atoms with van der Waals surface area (Å²) in [5.41, 5.74) is 0.489. The summed E-state index contributed by atoms with van der Waals surface area (Å²) >= 11 is 0. The van der Waals surface area contributed by atoms with Gasteiger partial charge in [-0.25, -0.2) is 4.79 Å². The first-order valence-corrected chi connectivity index (χ1v) is 7.30. The van der Waals surface area contributed by atoms with E-state index in [0.717, 1.165) is 12.8 Å². The predicted octanol–water partition coefficient (Wildman–Crippen LogP) is 2.06. The lowest BCUT2D eigenvalue weighted by Gasteiger charge is -2.05. The molecule has 0 fully saturated rings. The van der Waals surface area contributed by atoms with Crippen LogP contribution in [0, 0.1) is 11.3 Å². The minimum Gasteiger partial charge on any atom is -0.497 e. The van der Waals surface area contributed by atoms with Crippen molar-refractivity contribution in [3.8, 4) is 11.8 Å². The van der Waals surface area contributed by atoms with Crippen molar-refractivity contribution >= 4 is 18.0 Å². The van der Waals surface area contributed by atoms with E-state index in [-0.39, 0.29) is 11.5 Å². The number of carbonyl (C=O) groups excluding carboxylic acids is 2. The second-order valence-corrected chi connectivity index (χ2v) is 4.72. The molecule has 122 valence electrons. The molecule has 0 spiro atoms. The van der Waals surface area contributed by atoms with Crippen LogP contribution in [0.2, 0.25) is 0 Å². The number of rotatable bonds is 8. The Hall–Kier alpha value is -2.81. The van der Waals surface area contributed by atoms with Gasteiger partial charge in [0.1, 0.15) is 17.4 Å². The van der Waals surface area contributed by atoms with E-state index in [0.29, 0.717) is 17.9 Å². The first kappa shape index (κ1) is 18.2. The van der Waals surface area contributed by atoms with Crippen LogP contribution < -0.4 is 10.1 Å². The second kappa shape index (κ2) is 10.0. The van der Waals surface area contributed by atoms with E-state index in [9.17, 15) is 9.59 Å². The zero-order valence-electron chi connectivity index (χ0n) is 13.3. The predicted molar refractivity (Wildman–Crippen MR) is 85.5 cm³/mol. The molecule has 0 atom stereocenters. The van der Waals surface area contributed by atoms with Gasteiger partial charge in [-0.15, -0.1) is 0 Å². The molecule has 1 aromatic rings. The molecule has 1 N–H and O–H groups in total. The molecule has 0 aromatic heterocycles. The molecule has 0 radical (unpaired) electrons. The minimum absolute atomic E-state index is 0.170. The van der Waals surface area contributed by atoms with Crippen molar-refractivity contribution < 1.29 is 19.1 Å². The Morgan fingerprint density at radius 2 is 2.00 bits per heavy atom. The molecule has 6 heteroatoms. The van der Waals surface area contributed by atoms with Gasteiger partial charge < -0.3 is 14.8 Å². The fourth-order valence-electron chi connectivity index (χ4n) is 1.67. The summed E-state index contributed by atoms with van der Waals surface area (Å²) in [7, 11) is 1.55. The molecule has 0 saturated heterocycles. The molecule has 6 nitrogen and oxygen atoms in total. The molecule has 0 saturated carbocycles. The first-order valence-electron chi connectivity index (χ1n) is 7.30. The van der Waals surface area contributed by atoms with E-state index in [1.165, 1.54) is 6.08 Å². The van der Waals surface area contributed by atoms with Gasteiger partial charge in [0.2, 0.25) is 0 Å². The molecule has 1 aromatic carbocycles. The number of nitrogens with zero attached hydrogens (tertiary/aromatic N) is 1. The van der Waals surface area contributed by atoms with Crippen LogP contribution in [0.4, 0.5) is 0 Å². The van der Waals surface area contributed by atoms with Gasteiger partial charge in [-0.2, -0.15) is 5.26 Å². The van der Waals surface area contributed by atoms with Crippen LogP contribution >= 0.6 is 0 Å². The maximum absolute atomic E-state index is 11.8. The number of nitriles is 1. The van der Waals surface area contributed by atoms with Gasteiger partial charge in [-0.05, 0) is 30.2 Å². The summed E-state index contributed by atoms with van der Waals surface area (Å²) < 4.78 is 9.87. The molecule has 23 heavy (non-hydrogen) atoms. The standard InChI is InChI=1S/C17H20N2O4/c1-3-4-9-19-16(20)12-23-17(21)14(11-18)10-13-5-7-15(22-2)8-6-13/h5-8,10H,3-4,9,12H2,1-2H3,(H,19,20)/b14-10+. The zero-order valence-corrected chi connectivity index (χ0v) is 13.3. The number of benzene rings is 1. The highest BCUT2D eigenvalue weighted by Gasteiger charge is 2.13. The van der Waals surface area contributed by atoms with Gasteiger partial charge in [0.25, 0.3) is 5.91 Å². The van der Waals surface area contributed by atoms with Crippen molar-refractivity contribution in [2.75, 3.05) is 20.3 Å². The van der Waals surface area contributed by atoms with Crippen molar-refractivity contribution in [1.82, 2.24) is 5.32 Å². The topological polar surface area (TPSA) is 88.4 Å². The van der Waals surface area contributed by atoms with Crippen molar-refractivity contribution in [1.29, 1.82) is 5.26 Å². The maximum Gasteiger partial charge on any atom is 0.349 e. The molecule has 1 amide bonds. The summed E-state index contributed by atoms with van der Waals surface area (Å²) in [5.74, 6) is -0.533.